The highest BCUT2D eigenvalue weighted by Gasteiger charge is 2.25. The number of likely N-dealkylation sites (tertiary alicyclic amines) is 1. The number of nitrogens with zero attached hydrogens (tertiary/aromatic N) is 3. The summed E-state index contributed by atoms with van der Waals surface area (Å²) in [7, 11) is 1.77. The average Bonchev–Trinajstić information content (AvgIpc) is 3.02. The quantitative estimate of drug-likeness (QED) is 0.565. The summed E-state index contributed by atoms with van der Waals surface area (Å²) in [6, 6.07) is 0. The SMILES string of the molecule is CN(CC#CCN1CCCC1)C(=O)CCCCN(C(=O)O)C(C)(C)C. The summed E-state index contributed by atoms with van der Waals surface area (Å²) in [5, 5.41) is 9.24. The molecule has 0 radical (unpaired) electrons. The average molecular weight is 351 g/mol. The van der Waals surface area contributed by atoms with Crippen LogP contribution in [0.5, 0.6) is 0 Å². The standard InChI is InChI=1S/C19H33N3O3/c1-19(2,3)22(18(24)25)16-6-5-11-17(23)20(4)12-7-8-13-21-14-9-10-15-21/h5-6,9-16H2,1-4H3,(H,24,25). The number of carboxylic acid groups (broad SMARTS) is 1. The molecule has 1 saturated heterocycles. The Morgan fingerprint density at radius 1 is 1.12 bits per heavy atom. The molecule has 0 bridgehead atoms. The highest BCUT2D eigenvalue weighted by molar-refractivity contribution is 5.76. The highest BCUT2D eigenvalue weighted by Crippen LogP contribution is 2.15. The zero-order valence-corrected chi connectivity index (χ0v) is 16.2. The van der Waals surface area contributed by atoms with Crippen molar-refractivity contribution in [2.45, 2.75) is 58.4 Å². The van der Waals surface area contributed by atoms with Gasteiger partial charge in [0.1, 0.15) is 0 Å². The normalized spacial score (nSPS) is 14.7. The number of hydrogen-bond acceptors (Lipinski definition) is 3. The fourth-order valence-electron chi connectivity index (χ4n) is 2.83. The first-order valence-corrected chi connectivity index (χ1v) is 9.14. The van der Waals surface area contributed by atoms with Crippen LogP contribution in [0.4, 0.5) is 4.79 Å². The van der Waals surface area contributed by atoms with Crippen LogP contribution in [0.25, 0.3) is 0 Å². The molecule has 0 atom stereocenters. The van der Waals surface area contributed by atoms with Crippen molar-refractivity contribution in [3.63, 3.8) is 0 Å². The molecule has 0 aromatic carbocycles. The van der Waals surface area contributed by atoms with Crippen molar-refractivity contribution in [1.82, 2.24) is 14.7 Å². The van der Waals surface area contributed by atoms with E-state index in [-0.39, 0.29) is 5.91 Å². The maximum Gasteiger partial charge on any atom is 0.407 e. The van der Waals surface area contributed by atoms with Crippen LogP contribution in [0.1, 0.15) is 52.9 Å². The van der Waals surface area contributed by atoms with E-state index in [0.29, 0.717) is 32.4 Å². The number of amides is 2. The minimum Gasteiger partial charge on any atom is -0.465 e. The number of unbranched alkanes of at least 4 members (excludes halogenated alkanes) is 1. The van der Waals surface area contributed by atoms with Gasteiger partial charge in [0.15, 0.2) is 0 Å². The monoisotopic (exact) mass is 351 g/mol. The Labute approximate surface area is 152 Å². The van der Waals surface area contributed by atoms with Crippen LogP contribution < -0.4 is 0 Å². The Hall–Kier alpha value is -1.74. The molecular formula is C19H33N3O3. The number of carbonyl (C=O) groups is 2. The zero-order valence-electron chi connectivity index (χ0n) is 16.2. The van der Waals surface area contributed by atoms with Gasteiger partial charge in [0.2, 0.25) is 5.91 Å². The number of hydrogen-bond donors (Lipinski definition) is 1. The van der Waals surface area contributed by atoms with Gasteiger partial charge in [-0.1, -0.05) is 11.8 Å². The lowest BCUT2D eigenvalue weighted by Crippen LogP contribution is -2.45. The van der Waals surface area contributed by atoms with Crippen molar-refractivity contribution < 1.29 is 14.7 Å². The molecular weight excluding hydrogens is 318 g/mol. The second-order valence-corrected chi connectivity index (χ2v) is 7.65. The minimum absolute atomic E-state index is 0.0631. The van der Waals surface area contributed by atoms with Crippen molar-refractivity contribution in [2.75, 3.05) is 39.8 Å². The molecule has 1 aliphatic rings. The molecule has 0 aliphatic carbocycles. The zero-order chi connectivity index (χ0) is 18.9. The third-order valence-corrected chi connectivity index (χ3v) is 4.43. The van der Waals surface area contributed by atoms with E-state index >= 15 is 0 Å². The fourth-order valence-corrected chi connectivity index (χ4v) is 2.83. The van der Waals surface area contributed by atoms with Crippen molar-refractivity contribution >= 4 is 12.0 Å². The fraction of sp³-hybridized carbons (Fsp3) is 0.789. The van der Waals surface area contributed by atoms with E-state index in [2.05, 4.69) is 16.7 Å². The van der Waals surface area contributed by atoms with Gasteiger partial charge in [0.25, 0.3) is 0 Å². The van der Waals surface area contributed by atoms with Gasteiger partial charge in [-0.2, -0.15) is 0 Å². The van der Waals surface area contributed by atoms with Crippen LogP contribution in [0.2, 0.25) is 0 Å². The molecule has 1 rings (SSSR count). The van der Waals surface area contributed by atoms with Crippen molar-refractivity contribution in [1.29, 1.82) is 0 Å². The Morgan fingerprint density at radius 2 is 1.76 bits per heavy atom. The lowest BCUT2D eigenvalue weighted by molar-refractivity contribution is -0.129. The molecule has 2 amide bonds. The van der Waals surface area contributed by atoms with Crippen LogP contribution in [0, 0.1) is 11.8 Å². The first-order chi connectivity index (χ1) is 11.7. The molecule has 142 valence electrons. The Kier molecular flexibility index (Phi) is 8.77. The summed E-state index contributed by atoms with van der Waals surface area (Å²) in [6.45, 7) is 9.58. The lowest BCUT2D eigenvalue weighted by atomic mass is 10.1. The predicted octanol–water partition coefficient (Wildman–Crippen LogP) is 2.49. The van der Waals surface area contributed by atoms with Gasteiger partial charge in [-0.3, -0.25) is 9.69 Å². The van der Waals surface area contributed by atoms with Gasteiger partial charge in [0.05, 0.1) is 13.1 Å². The summed E-state index contributed by atoms with van der Waals surface area (Å²) < 4.78 is 0. The minimum atomic E-state index is -0.913. The van der Waals surface area contributed by atoms with Gasteiger partial charge >= 0.3 is 6.09 Å². The van der Waals surface area contributed by atoms with Crippen LogP contribution in [-0.2, 0) is 4.79 Å². The van der Waals surface area contributed by atoms with E-state index < -0.39 is 11.6 Å². The second-order valence-electron chi connectivity index (χ2n) is 7.65. The van der Waals surface area contributed by atoms with Gasteiger partial charge in [0, 0.05) is 25.6 Å². The number of carbonyl (C=O) groups excluding carboxylic acids is 1. The molecule has 1 N–H and O–H groups in total. The Morgan fingerprint density at radius 3 is 2.32 bits per heavy atom. The summed E-state index contributed by atoms with van der Waals surface area (Å²) in [5.74, 6) is 6.26. The van der Waals surface area contributed by atoms with Gasteiger partial charge in [-0.05, 0) is 59.5 Å². The van der Waals surface area contributed by atoms with Gasteiger partial charge in [-0.15, -0.1) is 0 Å². The topological polar surface area (TPSA) is 64.1 Å². The summed E-state index contributed by atoms with van der Waals surface area (Å²) in [5.41, 5.74) is -0.419. The third-order valence-electron chi connectivity index (χ3n) is 4.43. The van der Waals surface area contributed by atoms with Crippen molar-refractivity contribution in [3.8, 4) is 11.8 Å². The van der Waals surface area contributed by atoms with Crippen LogP contribution in [0.3, 0.4) is 0 Å². The number of rotatable bonds is 7. The Bertz CT molecular complexity index is 496. The van der Waals surface area contributed by atoms with E-state index in [1.165, 1.54) is 17.7 Å². The van der Waals surface area contributed by atoms with Crippen LogP contribution in [-0.4, -0.2) is 77.1 Å². The molecule has 6 nitrogen and oxygen atoms in total. The molecule has 1 aliphatic heterocycles. The molecule has 1 heterocycles. The maximum absolute atomic E-state index is 12.1. The summed E-state index contributed by atoms with van der Waals surface area (Å²) in [6.07, 6.45) is 3.41. The van der Waals surface area contributed by atoms with E-state index in [1.807, 2.05) is 20.8 Å². The smallest absolute Gasteiger partial charge is 0.407 e. The van der Waals surface area contributed by atoms with E-state index in [9.17, 15) is 14.7 Å². The highest BCUT2D eigenvalue weighted by atomic mass is 16.4. The predicted molar refractivity (Wildman–Crippen MR) is 99.4 cm³/mol. The van der Waals surface area contributed by atoms with Crippen molar-refractivity contribution in [2.24, 2.45) is 0 Å². The largest absolute Gasteiger partial charge is 0.465 e. The van der Waals surface area contributed by atoms with E-state index in [1.54, 1.807) is 11.9 Å². The molecule has 0 aromatic rings. The van der Waals surface area contributed by atoms with Crippen molar-refractivity contribution in [3.05, 3.63) is 0 Å². The summed E-state index contributed by atoms with van der Waals surface area (Å²) >= 11 is 0. The first kappa shape index (κ1) is 21.3. The lowest BCUT2D eigenvalue weighted by Gasteiger charge is -2.33. The molecule has 6 heteroatoms. The molecule has 0 saturated carbocycles. The van der Waals surface area contributed by atoms with Crippen LogP contribution in [0.15, 0.2) is 0 Å². The molecule has 25 heavy (non-hydrogen) atoms. The van der Waals surface area contributed by atoms with Crippen LogP contribution >= 0.6 is 0 Å². The Balaban J connectivity index is 2.22. The van der Waals surface area contributed by atoms with E-state index in [0.717, 1.165) is 19.6 Å². The van der Waals surface area contributed by atoms with Gasteiger partial charge in [-0.25, -0.2) is 4.79 Å². The molecule has 0 spiro atoms. The van der Waals surface area contributed by atoms with E-state index in [4.69, 9.17) is 0 Å². The van der Waals surface area contributed by atoms with Gasteiger partial charge < -0.3 is 14.9 Å². The summed E-state index contributed by atoms with van der Waals surface area (Å²) in [4.78, 5) is 28.7. The molecule has 0 aromatic heterocycles. The third kappa shape index (κ3) is 8.26. The first-order valence-electron chi connectivity index (χ1n) is 9.14. The maximum atomic E-state index is 12.1. The molecule has 1 fully saturated rings. The second kappa shape index (κ2) is 10.3. The molecule has 0 unspecified atom stereocenters.